The van der Waals surface area contributed by atoms with Crippen LogP contribution in [0.3, 0.4) is 0 Å². The molecule has 0 fully saturated rings. The third-order valence-corrected chi connectivity index (χ3v) is 2.57. The van der Waals surface area contributed by atoms with Crippen LogP contribution in [0.2, 0.25) is 5.15 Å². The minimum absolute atomic E-state index is 0.0534. The van der Waals surface area contributed by atoms with Crippen LogP contribution in [0.1, 0.15) is 5.56 Å². The van der Waals surface area contributed by atoms with Crippen molar-refractivity contribution >= 4 is 11.6 Å². The van der Waals surface area contributed by atoms with Crippen molar-refractivity contribution in [2.24, 2.45) is 7.05 Å². The summed E-state index contributed by atoms with van der Waals surface area (Å²) >= 11 is 5.56. The lowest BCUT2D eigenvalue weighted by atomic mass is 10.2. The van der Waals surface area contributed by atoms with E-state index in [1.165, 1.54) is 6.07 Å². The van der Waals surface area contributed by atoms with Crippen molar-refractivity contribution in [3.63, 3.8) is 0 Å². The Morgan fingerprint density at radius 1 is 1.47 bits per heavy atom. The molecule has 2 rings (SSSR count). The molecule has 1 N–H and O–H groups in total. The molecular weight excluding hydrogens is 244 g/mol. The number of nitrogens with one attached hydrogen (secondary N) is 1. The first kappa shape index (κ1) is 11.7. The van der Waals surface area contributed by atoms with Crippen molar-refractivity contribution in [2.75, 3.05) is 0 Å². The van der Waals surface area contributed by atoms with Gasteiger partial charge in [0.15, 0.2) is 0 Å². The Hall–Kier alpha value is -1.82. The van der Waals surface area contributed by atoms with Crippen LogP contribution in [-0.2, 0) is 20.0 Å². The van der Waals surface area contributed by atoms with Gasteiger partial charge in [-0.05, 0) is 12.0 Å². The van der Waals surface area contributed by atoms with Crippen LogP contribution < -0.4 is 11.2 Å². The summed E-state index contributed by atoms with van der Waals surface area (Å²) in [6.45, 7) is 0.303. The molecule has 17 heavy (non-hydrogen) atoms. The lowest BCUT2D eigenvalue weighted by molar-refractivity contribution is 0.627. The normalized spacial score (nSPS) is 10.7. The smallest absolute Gasteiger partial charge is 0.298 e. The Bertz CT molecular complexity index is 609. The first-order chi connectivity index (χ1) is 8.06. The average Bonchev–Trinajstić information content (AvgIpc) is 2.62. The van der Waals surface area contributed by atoms with E-state index in [4.69, 9.17) is 11.6 Å². The summed E-state index contributed by atoms with van der Waals surface area (Å²) in [6.07, 6.45) is 4.11. The van der Waals surface area contributed by atoms with Crippen molar-refractivity contribution < 1.29 is 0 Å². The summed E-state index contributed by atoms with van der Waals surface area (Å²) < 4.78 is 2.78. The van der Waals surface area contributed by atoms with Gasteiger partial charge in [-0.2, -0.15) is 5.10 Å². The third-order valence-electron chi connectivity index (χ3n) is 2.37. The Balaban J connectivity index is 2.20. The van der Waals surface area contributed by atoms with Gasteiger partial charge in [-0.3, -0.25) is 19.0 Å². The van der Waals surface area contributed by atoms with E-state index in [0.29, 0.717) is 13.0 Å². The molecule has 0 unspecified atom stereocenters. The summed E-state index contributed by atoms with van der Waals surface area (Å²) in [5.41, 5.74) is 0.0720. The van der Waals surface area contributed by atoms with Gasteiger partial charge in [-0.1, -0.05) is 11.6 Å². The van der Waals surface area contributed by atoms with Crippen LogP contribution in [0.15, 0.2) is 28.0 Å². The number of halogens is 1. The van der Waals surface area contributed by atoms with E-state index in [9.17, 15) is 9.59 Å². The van der Waals surface area contributed by atoms with Crippen molar-refractivity contribution in [2.45, 2.75) is 13.0 Å². The van der Waals surface area contributed by atoms with Crippen LogP contribution in [0.5, 0.6) is 0 Å². The Labute approximate surface area is 101 Å². The molecule has 0 aliphatic carbocycles. The zero-order valence-electron chi connectivity index (χ0n) is 9.18. The van der Waals surface area contributed by atoms with Crippen LogP contribution in [0, 0.1) is 0 Å². The van der Waals surface area contributed by atoms with Crippen LogP contribution >= 0.6 is 11.6 Å². The highest BCUT2D eigenvalue weighted by Gasteiger charge is 2.04. The average molecular weight is 255 g/mol. The van der Waals surface area contributed by atoms with E-state index in [2.05, 4.69) is 10.1 Å². The number of nitrogens with zero attached hydrogens (tertiary/aromatic N) is 3. The van der Waals surface area contributed by atoms with Gasteiger partial charge in [0.25, 0.3) is 5.56 Å². The number of aromatic nitrogens is 4. The van der Waals surface area contributed by atoms with Crippen molar-refractivity contribution in [1.29, 1.82) is 0 Å². The molecule has 0 atom stereocenters. The summed E-state index contributed by atoms with van der Waals surface area (Å²) in [4.78, 5) is 25.4. The van der Waals surface area contributed by atoms with Gasteiger partial charge < -0.3 is 0 Å². The van der Waals surface area contributed by atoms with Crippen LogP contribution in [0.4, 0.5) is 0 Å². The molecule has 0 aromatic carbocycles. The van der Waals surface area contributed by atoms with Gasteiger partial charge in [-0.15, -0.1) is 0 Å². The molecule has 0 saturated carbocycles. The molecule has 0 aliphatic heterocycles. The molecule has 2 aromatic rings. The summed E-state index contributed by atoms with van der Waals surface area (Å²) in [7, 11) is 1.81. The molecule has 0 aliphatic rings. The van der Waals surface area contributed by atoms with Crippen LogP contribution in [-0.4, -0.2) is 19.3 Å². The molecule has 0 bridgehead atoms. The predicted molar refractivity (Wildman–Crippen MR) is 63.2 cm³/mol. The standard InChI is InChI=1S/C10H11ClN4O2/c1-14-6-7(5-12-14)2-3-15-9(16)4-8(11)13-10(15)17/h4-6H,2-3H2,1H3,(H,13,17). The number of hydrogen-bond donors (Lipinski definition) is 1. The van der Waals surface area contributed by atoms with E-state index >= 15 is 0 Å². The maximum atomic E-state index is 11.5. The maximum Gasteiger partial charge on any atom is 0.329 e. The number of rotatable bonds is 3. The lowest BCUT2D eigenvalue weighted by Crippen LogP contribution is -2.35. The number of hydrogen-bond acceptors (Lipinski definition) is 3. The predicted octanol–water partition coefficient (Wildman–Crippen LogP) is 0.166. The number of aryl methyl sites for hydroxylation is 2. The quantitative estimate of drug-likeness (QED) is 0.794. The Kier molecular flexibility index (Phi) is 3.14. The summed E-state index contributed by atoms with van der Waals surface area (Å²) in [5.74, 6) is 0. The van der Waals surface area contributed by atoms with Crippen molar-refractivity contribution in [3.8, 4) is 0 Å². The molecule has 0 radical (unpaired) electrons. The van der Waals surface area contributed by atoms with Gasteiger partial charge in [0.2, 0.25) is 0 Å². The molecule has 0 amide bonds. The molecule has 7 heteroatoms. The monoisotopic (exact) mass is 254 g/mol. The fourth-order valence-corrected chi connectivity index (χ4v) is 1.72. The highest BCUT2D eigenvalue weighted by molar-refractivity contribution is 6.29. The van der Waals surface area contributed by atoms with Gasteiger partial charge in [0.05, 0.1) is 6.20 Å². The zero-order valence-corrected chi connectivity index (χ0v) is 9.94. The second-order valence-corrected chi connectivity index (χ2v) is 4.09. The molecule has 0 spiro atoms. The minimum Gasteiger partial charge on any atom is -0.298 e. The minimum atomic E-state index is -0.494. The number of aromatic amines is 1. The molecule has 6 nitrogen and oxygen atoms in total. The maximum absolute atomic E-state index is 11.5. The second kappa shape index (κ2) is 4.58. The van der Waals surface area contributed by atoms with E-state index < -0.39 is 11.2 Å². The SMILES string of the molecule is Cn1cc(CCn2c(=O)cc(Cl)[nH]c2=O)cn1. The molecule has 90 valence electrons. The third kappa shape index (κ3) is 2.65. The van der Waals surface area contributed by atoms with E-state index in [0.717, 1.165) is 10.1 Å². The number of H-pyrrole nitrogens is 1. The largest absolute Gasteiger partial charge is 0.329 e. The topological polar surface area (TPSA) is 72.7 Å². The van der Waals surface area contributed by atoms with Crippen LogP contribution in [0.25, 0.3) is 0 Å². The van der Waals surface area contributed by atoms with E-state index in [1.54, 1.807) is 10.9 Å². The van der Waals surface area contributed by atoms with E-state index in [-0.39, 0.29) is 5.15 Å². The van der Waals surface area contributed by atoms with Gasteiger partial charge in [-0.25, -0.2) is 4.79 Å². The first-order valence-corrected chi connectivity index (χ1v) is 5.41. The zero-order chi connectivity index (χ0) is 12.4. The van der Waals surface area contributed by atoms with E-state index in [1.807, 2.05) is 13.2 Å². The molecular formula is C10H11ClN4O2. The van der Waals surface area contributed by atoms with Gasteiger partial charge in [0.1, 0.15) is 5.15 Å². The Morgan fingerprint density at radius 3 is 2.82 bits per heavy atom. The van der Waals surface area contributed by atoms with Gasteiger partial charge in [0, 0.05) is 25.9 Å². The summed E-state index contributed by atoms with van der Waals surface area (Å²) in [6, 6.07) is 1.19. The highest BCUT2D eigenvalue weighted by Crippen LogP contribution is 1.99. The molecule has 2 heterocycles. The Morgan fingerprint density at radius 2 is 2.24 bits per heavy atom. The van der Waals surface area contributed by atoms with Gasteiger partial charge >= 0.3 is 5.69 Å². The fourth-order valence-electron chi connectivity index (χ4n) is 1.55. The van der Waals surface area contributed by atoms with Crippen molar-refractivity contribution in [1.82, 2.24) is 19.3 Å². The second-order valence-electron chi connectivity index (χ2n) is 3.68. The first-order valence-electron chi connectivity index (χ1n) is 5.03. The lowest BCUT2D eigenvalue weighted by Gasteiger charge is -2.02. The summed E-state index contributed by atoms with van der Waals surface area (Å²) in [5, 5.41) is 4.06. The van der Waals surface area contributed by atoms with Crippen molar-refractivity contribution in [3.05, 3.63) is 50.0 Å². The molecule has 2 aromatic heterocycles. The fraction of sp³-hybridized carbons (Fsp3) is 0.300. The molecule has 0 saturated heterocycles. The highest BCUT2D eigenvalue weighted by atomic mass is 35.5.